The van der Waals surface area contributed by atoms with Crippen LogP contribution in [0.4, 0.5) is 4.79 Å². The van der Waals surface area contributed by atoms with Crippen molar-refractivity contribution in [2.24, 2.45) is 0 Å². The summed E-state index contributed by atoms with van der Waals surface area (Å²) in [7, 11) is 0. The molecule has 2 aromatic rings. The lowest BCUT2D eigenvalue weighted by molar-refractivity contribution is 0.102. The van der Waals surface area contributed by atoms with Crippen molar-refractivity contribution in [1.29, 1.82) is 0 Å². The van der Waals surface area contributed by atoms with Gasteiger partial charge in [0.05, 0.1) is 24.5 Å². The molecule has 2 aromatic heterocycles. The second-order valence-electron chi connectivity index (χ2n) is 4.30. The first-order chi connectivity index (χ1) is 8.79. The summed E-state index contributed by atoms with van der Waals surface area (Å²) in [6, 6.07) is 5.92. The van der Waals surface area contributed by atoms with Crippen molar-refractivity contribution in [2.75, 3.05) is 13.2 Å². The number of carbonyl (C=O) groups is 1. The number of nitrogens with zero attached hydrogens (tertiary/aromatic N) is 3. The van der Waals surface area contributed by atoms with Gasteiger partial charge in [-0.2, -0.15) is 0 Å². The van der Waals surface area contributed by atoms with Crippen LogP contribution in [0.1, 0.15) is 18.3 Å². The maximum absolute atomic E-state index is 11.7. The first kappa shape index (κ1) is 11.1. The molecule has 3 rings (SSSR count). The van der Waals surface area contributed by atoms with Crippen LogP contribution >= 0.6 is 0 Å². The second kappa shape index (κ2) is 4.33. The predicted octanol–water partition coefficient (Wildman–Crippen LogP) is 1.85. The van der Waals surface area contributed by atoms with Crippen molar-refractivity contribution in [1.82, 2.24) is 14.3 Å². The minimum Gasteiger partial charge on any atom is -0.450 e. The summed E-state index contributed by atoms with van der Waals surface area (Å²) in [5, 5.41) is 0. The van der Waals surface area contributed by atoms with E-state index in [2.05, 4.69) is 4.98 Å². The highest BCUT2D eigenvalue weighted by Gasteiger charge is 2.25. The molecule has 1 amide bonds. The van der Waals surface area contributed by atoms with Gasteiger partial charge >= 0.3 is 6.09 Å². The number of fused-ring (bicyclic) bond motifs is 3. The average Bonchev–Trinajstić information content (AvgIpc) is 2.76. The standard InChI is InChI=1S/C13H15N3O2/c1-2-18-13(17)15-8-6-10-11(9-15)16-7-4-3-5-12(16)14-10/h3-5,7H,2,6,8-9H2,1H3. The Bertz CT molecular complexity index is 591. The van der Waals surface area contributed by atoms with Gasteiger partial charge in [-0.15, -0.1) is 0 Å². The Kier molecular flexibility index (Phi) is 2.66. The normalized spacial score (nSPS) is 14.6. The van der Waals surface area contributed by atoms with Crippen molar-refractivity contribution >= 4 is 11.7 Å². The summed E-state index contributed by atoms with van der Waals surface area (Å²) < 4.78 is 7.08. The van der Waals surface area contributed by atoms with Crippen LogP contribution < -0.4 is 0 Å². The molecule has 0 saturated heterocycles. The zero-order chi connectivity index (χ0) is 12.5. The summed E-state index contributed by atoms with van der Waals surface area (Å²) in [5.41, 5.74) is 3.11. The van der Waals surface area contributed by atoms with Crippen molar-refractivity contribution in [3.8, 4) is 0 Å². The van der Waals surface area contributed by atoms with Crippen LogP contribution in [0.15, 0.2) is 24.4 Å². The highest BCUT2D eigenvalue weighted by Crippen LogP contribution is 2.20. The summed E-state index contributed by atoms with van der Waals surface area (Å²) in [6.45, 7) is 3.48. The van der Waals surface area contributed by atoms with Crippen molar-refractivity contribution in [3.05, 3.63) is 35.8 Å². The Morgan fingerprint density at radius 1 is 1.50 bits per heavy atom. The van der Waals surface area contributed by atoms with Crippen molar-refractivity contribution in [2.45, 2.75) is 19.9 Å². The fraction of sp³-hybridized carbons (Fsp3) is 0.385. The smallest absolute Gasteiger partial charge is 0.410 e. The Morgan fingerprint density at radius 2 is 2.39 bits per heavy atom. The molecule has 0 atom stereocenters. The average molecular weight is 245 g/mol. The van der Waals surface area contributed by atoms with Crippen LogP contribution in [-0.2, 0) is 17.7 Å². The third kappa shape index (κ3) is 1.72. The number of hydrogen-bond donors (Lipinski definition) is 0. The van der Waals surface area contributed by atoms with Crippen molar-refractivity contribution < 1.29 is 9.53 Å². The van der Waals surface area contributed by atoms with E-state index in [1.54, 1.807) is 4.90 Å². The molecule has 5 nitrogen and oxygen atoms in total. The zero-order valence-electron chi connectivity index (χ0n) is 10.3. The van der Waals surface area contributed by atoms with Crippen molar-refractivity contribution in [3.63, 3.8) is 0 Å². The van der Waals surface area contributed by atoms with Crippen LogP contribution in [0.25, 0.3) is 5.65 Å². The number of rotatable bonds is 1. The van der Waals surface area contributed by atoms with Gasteiger partial charge in [-0.05, 0) is 19.1 Å². The van der Waals surface area contributed by atoms with E-state index >= 15 is 0 Å². The maximum atomic E-state index is 11.7. The molecular formula is C13H15N3O2. The second-order valence-corrected chi connectivity index (χ2v) is 4.30. The summed E-state index contributed by atoms with van der Waals surface area (Å²) in [4.78, 5) is 18.0. The lowest BCUT2D eigenvalue weighted by atomic mass is 10.1. The Morgan fingerprint density at radius 3 is 3.22 bits per heavy atom. The molecule has 1 aliphatic rings. The SMILES string of the molecule is CCOC(=O)N1CCc2nc3ccccn3c2C1. The predicted molar refractivity (Wildman–Crippen MR) is 66.3 cm³/mol. The van der Waals surface area contributed by atoms with E-state index in [-0.39, 0.29) is 6.09 Å². The minimum absolute atomic E-state index is 0.242. The molecule has 0 bridgehead atoms. The highest BCUT2D eigenvalue weighted by atomic mass is 16.6. The molecule has 18 heavy (non-hydrogen) atoms. The molecule has 0 N–H and O–H groups in total. The number of aromatic nitrogens is 2. The first-order valence-electron chi connectivity index (χ1n) is 6.16. The lowest BCUT2D eigenvalue weighted by Gasteiger charge is -2.25. The zero-order valence-corrected chi connectivity index (χ0v) is 10.3. The van der Waals surface area contributed by atoms with Gasteiger partial charge in [0.15, 0.2) is 0 Å². The monoisotopic (exact) mass is 245 g/mol. The summed E-state index contributed by atoms with van der Waals surface area (Å²) in [5.74, 6) is 0. The number of pyridine rings is 1. The van der Waals surface area contributed by atoms with Gasteiger partial charge in [-0.1, -0.05) is 6.07 Å². The highest BCUT2D eigenvalue weighted by molar-refractivity contribution is 5.68. The maximum Gasteiger partial charge on any atom is 0.410 e. The van der Waals surface area contributed by atoms with Crippen LogP contribution in [-0.4, -0.2) is 33.5 Å². The number of amides is 1. The van der Waals surface area contributed by atoms with Crippen LogP contribution in [0.3, 0.4) is 0 Å². The number of hydrogen-bond acceptors (Lipinski definition) is 3. The molecular weight excluding hydrogens is 230 g/mol. The van der Waals surface area contributed by atoms with E-state index in [1.807, 2.05) is 35.7 Å². The van der Waals surface area contributed by atoms with Gasteiger partial charge in [0, 0.05) is 19.2 Å². The lowest BCUT2D eigenvalue weighted by Crippen LogP contribution is -2.36. The first-order valence-corrected chi connectivity index (χ1v) is 6.16. The van der Waals surface area contributed by atoms with Crippen LogP contribution in [0, 0.1) is 0 Å². The topological polar surface area (TPSA) is 46.8 Å². The molecule has 0 fully saturated rings. The number of imidazole rings is 1. The summed E-state index contributed by atoms with van der Waals surface area (Å²) in [6.07, 6.45) is 2.53. The molecule has 0 aliphatic carbocycles. The molecule has 3 heterocycles. The third-order valence-electron chi connectivity index (χ3n) is 3.20. The van der Waals surface area contributed by atoms with E-state index in [4.69, 9.17) is 4.74 Å². The van der Waals surface area contributed by atoms with Gasteiger partial charge in [0.1, 0.15) is 5.65 Å². The van der Waals surface area contributed by atoms with E-state index < -0.39 is 0 Å². The molecule has 1 aliphatic heterocycles. The van der Waals surface area contributed by atoms with Gasteiger partial charge in [0.2, 0.25) is 0 Å². The molecule has 5 heteroatoms. The molecule has 94 valence electrons. The largest absolute Gasteiger partial charge is 0.450 e. The van der Waals surface area contributed by atoms with Gasteiger partial charge in [-0.25, -0.2) is 9.78 Å². The number of carbonyl (C=O) groups excluding carboxylic acids is 1. The Labute approximate surface area is 105 Å². The minimum atomic E-state index is -0.242. The van der Waals surface area contributed by atoms with E-state index in [0.29, 0.717) is 19.7 Å². The Hall–Kier alpha value is -2.04. The van der Waals surface area contributed by atoms with E-state index in [9.17, 15) is 4.79 Å². The van der Waals surface area contributed by atoms with Crippen LogP contribution in [0.5, 0.6) is 0 Å². The molecule has 0 radical (unpaired) electrons. The Balaban J connectivity index is 1.94. The fourth-order valence-electron chi connectivity index (χ4n) is 2.33. The number of ether oxygens (including phenoxy) is 1. The van der Waals surface area contributed by atoms with Crippen LogP contribution in [0.2, 0.25) is 0 Å². The fourth-order valence-corrected chi connectivity index (χ4v) is 2.33. The van der Waals surface area contributed by atoms with Gasteiger partial charge < -0.3 is 14.0 Å². The summed E-state index contributed by atoms with van der Waals surface area (Å²) >= 11 is 0. The molecule has 0 aromatic carbocycles. The molecule has 0 saturated carbocycles. The van der Waals surface area contributed by atoms with Gasteiger partial charge in [-0.3, -0.25) is 0 Å². The van der Waals surface area contributed by atoms with E-state index in [0.717, 1.165) is 23.5 Å². The molecule has 0 spiro atoms. The van der Waals surface area contributed by atoms with E-state index in [1.165, 1.54) is 0 Å². The van der Waals surface area contributed by atoms with Gasteiger partial charge in [0.25, 0.3) is 0 Å². The quantitative estimate of drug-likeness (QED) is 0.770. The third-order valence-corrected chi connectivity index (χ3v) is 3.20. The molecule has 0 unspecified atom stereocenters.